The molecule has 1 aromatic carbocycles. The molecule has 124 valence electrons. The molecule has 1 N–H and O–H groups in total. The summed E-state index contributed by atoms with van der Waals surface area (Å²) >= 11 is 0. The van der Waals surface area contributed by atoms with E-state index < -0.39 is 0 Å². The van der Waals surface area contributed by atoms with E-state index in [1.54, 1.807) is 18.6 Å². The summed E-state index contributed by atoms with van der Waals surface area (Å²) in [7, 11) is 0. The Morgan fingerprint density at radius 1 is 1.16 bits per heavy atom. The molecular weight excluding hydrogens is 316 g/mol. The van der Waals surface area contributed by atoms with Gasteiger partial charge in [0.2, 0.25) is 0 Å². The third-order valence-corrected chi connectivity index (χ3v) is 3.76. The van der Waals surface area contributed by atoms with Crippen LogP contribution in [-0.2, 0) is 6.54 Å². The van der Waals surface area contributed by atoms with Crippen LogP contribution in [0.25, 0.3) is 17.1 Å². The molecule has 0 amide bonds. The van der Waals surface area contributed by atoms with Crippen LogP contribution in [0.2, 0.25) is 0 Å². The Hall–Kier alpha value is -3.48. The van der Waals surface area contributed by atoms with Crippen LogP contribution in [0.1, 0.15) is 11.5 Å². The maximum atomic E-state index is 5.40. The predicted octanol–water partition coefficient (Wildman–Crippen LogP) is 3.24. The van der Waals surface area contributed by atoms with Crippen molar-refractivity contribution in [2.24, 2.45) is 0 Å². The molecule has 0 spiro atoms. The largest absolute Gasteiger partial charge is 0.363 e. The average molecular weight is 332 g/mol. The van der Waals surface area contributed by atoms with Gasteiger partial charge in [-0.2, -0.15) is 0 Å². The van der Waals surface area contributed by atoms with Gasteiger partial charge in [-0.25, -0.2) is 9.97 Å². The molecule has 3 aromatic heterocycles. The van der Waals surface area contributed by atoms with Gasteiger partial charge >= 0.3 is 0 Å². The van der Waals surface area contributed by atoms with Crippen LogP contribution in [0.3, 0.4) is 0 Å². The first-order valence-corrected chi connectivity index (χ1v) is 7.87. The van der Waals surface area contributed by atoms with E-state index in [0.29, 0.717) is 18.2 Å². The molecule has 4 aromatic rings. The van der Waals surface area contributed by atoms with Crippen LogP contribution in [-0.4, -0.2) is 24.7 Å². The molecule has 7 heteroatoms. The highest BCUT2D eigenvalue weighted by Gasteiger charge is 2.08. The lowest BCUT2D eigenvalue weighted by Crippen LogP contribution is -2.05. The highest BCUT2D eigenvalue weighted by Crippen LogP contribution is 2.20. The summed E-state index contributed by atoms with van der Waals surface area (Å²) < 4.78 is 7.28. The number of aromatic nitrogens is 5. The molecule has 0 fully saturated rings. The Kier molecular flexibility index (Phi) is 3.96. The lowest BCUT2D eigenvalue weighted by Gasteiger charge is -2.07. The zero-order chi connectivity index (χ0) is 17.1. The quantitative estimate of drug-likeness (QED) is 0.604. The summed E-state index contributed by atoms with van der Waals surface area (Å²) in [6.07, 6.45) is 6.96. The number of nitrogens with one attached hydrogen (secondary N) is 1. The third-order valence-electron chi connectivity index (χ3n) is 3.76. The Labute approximate surface area is 144 Å². The Bertz CT molecular complexity index is 976. The number of rotatable bonds is 5. The van der Waals surface area contributed by atoms with Crippen molar-refractivity contribution in [2.75, 3.05) is 5.32 Å². The van der Waals surface area contributed by atoms with Crippen molar-refractivity contribution in [2.45, 2.75) is 13.5 Å². The maximum Gasteiger partial charge on any atom is 0.167 e. The predicted molar refractivity (Wildman–Crippen MR) is 93.2 cm³/mol. The first-order valence-electron chi connectivity index (χ1n) is 7.87. The highest BCUT2D eigenvalue weighted by molar-refractivity contribution is 5.57. The fourth-order valence-electron chi connectivity index (χ4n) is 2.49. The molecule has 0 saturated carbocycles. The van der Waals surface area contributed by atoms with Crippen molar-refractivity contribution >= 4 is 5.82 Å². The Morgan fingerprint density at radius 2 is 2.04 bits per heavy atom. The van der Waals surface area contributed by atoms with Gasteiger partial charge in [0.05, 0.1) is 18.9 Å². The van der Waals surface area contributed by atoms with Gasteiger partial charge in [0.25, 0.3) is 0 Å². The standard InChI is InChI=1S/C18H16N6O/c1-13-20-7-8-24(13)18-12-19-11-17(22-18)21-10-15-9-16(25-23-15)14-5-3-2-4-6-14/h2-9,11-12H,10H2,1H3,(H,21,22). The van der Waals surface area contributed by atoms with Gasteiger partial charge in [-0.1, -0.05) is 35.5 Å². The van der Waals surface area contributed by atoms with E-state index in [4.69, 9.17) is 4.52 Å². The van der Waals surface area contributed by atoms with Crippen molar-refractivity contribution < 1.29 is 4.52 Å². The second kappa shape index (κ2) is 6.56. The molecule has 25 heavy (non-hydrogen) atoms. The normalized spacial score (nSPS) is 10.8. The van der Waals surface area contributed by atoms with Gasteiger partial charge in [-0.05, 0) is 6.92 Å². The number of hydrogen-bond acceptors (Lipinski definition) is 6. The molecule has 0 radical (unpaired) electrons. The molecule has 0 aliphatic rings. The number of anilines is 1. The molecule has 3 heterocycles. The monoisotopic (exact) mass is 332 g/mol. The number of aryl methyl sites for hydroxylation is 1. The lowest BCUT2D eigenvalue weighted by atomic mass is 10.2. The minimum absolute atomic E-state index is 0.497. The fourth-order valence-corrected chi connectivity index (χ4v) is 2.49. The van der Waals surface area contributed by atoms with Crippen LogP contribution >= 0.6 is 0 Å². The van der Waals surface area contributed by atoms with E-state index in [-0.39, 0.29) is 0 Å². The second-order valence-corrected chi connectivity index (χ2v) is 5.51. The van der Waals surface area contributed by atoms with E-state index in [1.807, 2.05) is 54.1 Å². The first kappa shape index (κ1) is 15.1. The molecule has 4 rings (SSSR count). The molecule has 0 aliphatic carbocycles. The van der Waals surface area contributed by atoms with Crippen molar-refractivity contribution in [1.29, 1.82) is 0 Å². The number of nitrogens with zero attached hydrogens (tertiary/aromatic N) is 5. The summed E-state index contributed by atoms with van der Waals surface area (Å²) in [5, 5.41) is 7.31. The van der Waals surface area contributed by atoms with Crippen molar-refractivity contribution in [3.63, 3.8) is 0 Å². The third kappa shape index (κ3) is 3.25. The maximum absolute atomic E-state index is 5.40. The number of imidazole rings is 1. The summed E-state index contributed by atoms with van der Waals surface area (Å²) in [5.74, 6) is 2.97. The Morgan fingerprint density at radius 3 is 2.84 bits per heavy atom. The van der Waals surface area contributed by atoms with Gasteiger partial charge in [-0.15, -0.1) is 0 Å². The van der Waals surface area contributed by atoms with Gasteiger partial charge < -0.3 is 9.84 Å². The molecule has 0 bridgehead atoms. The molecule has 0 atom stereocenters. The molecule has 0 aliphatic heterocycles. The highest BCUT2D eigenvalue weighted by atomic mass is 16.5. The van der Waals surface area contributed by atoms with Crippen LogP contribution in [0.4, 0.5) is 5.82 Å². The van der Waals surface area contributed by atoms with E-state index in [2.05, 4.69) is 25.4 Å². The van der Waals surface area contributed by atoms with Crippen LogP contribution < -0.4 is 5.32 Å². The Balaban J connectivity index is 1.47. The molecular formula is C18H16N6O. The lowest BCUT2D eigenvalue weighted by molar-refractivity contribution is 0.424. The zero-order valence-electron chi connectivity index (χ0n) is 13.6. The van der Waals surface area contributed by atoms with Crippen LogP contribution in [0.15, 0.2) is 65.7 Å². The minimum atomic E-state index is 0.497. The molecule has 7 nitrogen and oxygen atoms in total. The van der Waals surface area contributed by atoms with E-state index in [1.165, 1.54) is 0 Å². The topological polar surface area (TPSA) is 81.7 Å². The second-order valence-electron chi connectivity index (χ2n) is 5.51. The van der Waals surface area contributed by atoms with Gasteiger partial charge in [-0.3, -0.25) is 9.55 Å². The summed E-state index contributed by atoms with van der Waals surface area (Å²) in [6.45, 7) is 2.42. The number of benzene rings is 1. The zero-order valence-corrected chi connectivity index (χ0v) is 13.6. The fraction of sp³-hybridized carbons (Fsp3) is 0.111. The smallest absolute Gasteiger partial charge is 0.167 e. The summed E-state index contributed by atoms with van der Waals surface area (Å²) in [6, 6.07) is 11.8. The van der Waals surface area contributed by atoms with Crippen molar-refractivity contribution in [3.8, 4) is 17.1 Å². The van der Waals surface area contributed by atoms with Crippen molar-refractivity contribution in [1.82, 2.24) is 24.7 Å². The summed E-state index contributed by atoms with van der Waals surface area (Å²) in [4.78, 5) is 13.0. The SMILES string of the molecule is Cc1nccn1-c1cncc(NCc2cc(-c3ccccc3)on2)n1. The van der Waals surface area contributed by atoms with Crippen LogP contribution in [0.5, 0.6) is 0 Å². The van der Waals surface area contributed by atoms with E-state index in [0.717, 1.165) is 22.8 Å². The van der Waals surface area contributed by atoms with Gasteiger partial charge in [0.1, 0.15) is 17.3 Å². The minimum Gasteiger partial charge on any atom is -0.363 e. The first-order chi connectivity index (χ1) is 12.3. The molecule has 0 saturated heterocycles. The number of hydrogen-bond donors (Lipinski definition) is 1. The van der Waals surface area contributed by atoms with Gasteiger partial charge in [0, 0.05) is 24.0 Å². The van der Waals surface area contributed by atoms with E-state index >= 15 is 0 Å². The average Bonchev–Trinajstić information content (AvgIpc) is 3.30. The molecule has 0 unspecified atom stereocenters. The summed E-state index contributed by atoms with van der Waals surface area (Å²) in [5.41, 5.74) is 1.79. The van der Waals surface area contributed by atoms with E-state index in [9.17, 15) is 0 Å². The van der Waals surface area contributed by atoms with Crippen molar-refractivity contribution in [3.05, 3.63) is 72.7 Å². The van der Waals surface area contributed by atoms with Gasteiger partial charge in [0.15, 0.2) is 11.6 Å². The van der Waals surface area contributed by atoms with Crippen LogP contribution in [0, 0.1) is 6.92 Å².